The quantitative estimate of drug-likeness (QED) is 0.635. The minimum Gasteiger partial charge on any atom is -0.235 e. The molecule has 0 aliphatic rings. The van der Waals surface area contributed by atoms with Crippen LogP contribution in [0.25, 0.3) is 22.3 Å². The molecule has 22 heavy (non-hydrogen) atoms. The summed E-state index contributed by atoms with van der Waals surface area (Å²) in [7, 11) is 0. The van der Waals surface area contributed by atoms with Gasteiger partial charge in [0, 0.05) is 11.6 Å². The highest BCUT2D eigenvalue weighted by Crippen LogP contribution is 2.25. The number of hydrogen-bond acceptors (Lipinski definition) is 1. The van der Waals surface area contributed by atoms with E-state index < -0.39 is 0 Å². The van der Waals surface area contributed by atoms with E-state index in [1.165, 1.54) is 16.6 Å². The van der Waals surface area contributed by atoms with Crippen molar-refractivity contribution in [2.45, 2.75) is 39.7 Å². The zero-order chi connectivity index (χ0) is 15.7. The second kappa shape index (κ2) is 5.53. The fraction of sp³-hybridized carbons (Fsp3) is 0.300. The largest absolute Gasteiger partial charge is 0.235 e. The van der Waals surface area contributed by atoms with Crippen molar-refractivity contribution in [1.82, 2.24) is 4.98 Å². The summed E-state index contributed by atoms with van der Waals surface area (Å²) in [5.41, 5.74) is 5.95. The molecule has 0 atom stereocenters. The molecule has 0 unspecified atom stereocenters. The maximum atomic E-state index is 4.83. The van der Waals surface area contributed by atoms with Gasteiger partial charge in [-0.05, 0) is 24.0 Å². The van der Waals surface area contributed by atoms with Gasteiger partial charge in [-0.2, -0.15) is 4.57 Å². The Kier molecular flexibility index (Phi) is 3.69. The lowest BCUT2D eigenvalue weighted by Gasteiger charge is -2.19. The third-order valence-corrected chi connectivity index (χ3v) is 4.10. The number of benzene rings is 2. The molecule has 3 aromatic rings. The molecule has 1 heterocycles. The highest BCUT2D eigenvalue weighted by Gasteiger charge is 2.15. The normalized spacial score (nSPS) is 11.8. The molecule has 0 spiro atoms. The van der Waals surface area contributed by atoms with Gasteiger partial charge in [0.25, 0.3) is 0 Å². The molecule has 0 saturated carbocycles. The zero-order valence-corrected chi connectivity index (χ0v) is 13.8. The van der Waals surface area contributed by atoms with E-state index >= 15 is 0 Å². The van der Waals surface area contributed by atoms with Gasteiger partial charge >= 0.3 is 0 Å². The number of aryl methyl sites for hydroxylation is 1. The second-order valence-electron chi connectivity index (χ2n) is 6.73. The van der Waals surface area contributed by atoms with E-state index in [1.54, 1.807) is 0 Å². The van der Waals surface area contributed by atoms with Crippen LogP contribution in [-0.2, 0) is 12.0 Å². The minimum atomic E-state index is 0.179. The molecular formula is C20H23N2+. The number of hydrogen-bond donors (Lipinski definition) is 0. The monoisotopic (exact) mass is 291 g/mol. The first-order chi connectivity index (χ1) is 10.5. The lowest BCUT2D eigenvalue weighted by molar-refractivity contribution is -0.667. The second-order valence-corrected chi connectivity index (χ2v) is 6.73. The Morgan fingerprint density at radius 2 is 1.64 bits per heavy atom. The van der Waals surface area contributed by atoms with Gasteiger partial charge in [-0.25, -0.2) is 4.98 Å². The Bertz CT molecular complexity index is 796. The number of para-hydroxylation sites is 2. The fourth-order valence-electron chi connectivity index (χ4n) is 2.72. The number of aromatic nitrogens is 2. The van der Waals surface area contributed by atoms with E-state index in [0.717, 1.165) is 17.8 Å². The highest BCUT2D eigenvalue weighted by molar-refractivity contribution is 5.73. The SMILES string of the molecule is CC[n+]1cc(-c2ccc(C(C)(C)C)cc2)nc2ccccc21. The van der Waals surface area contributed by atoms with E-state index in [-0.39, 0.29) is 5.41 Å². The van der Waals surface area contributed by atoms with Gasteiger partial charge in [0.15, 0.2) is 6.20 Å². The van der Waals surface area contributed by atoms with Gasteiger partial charge in [0.05, 0.1) is 0 Å². The summed E-state index contributed by atoms with van der Waals surface area (Å²) >= 11 is 0. The third kappa shape index (κ3) is 2.74. The minimum absolute atomic E-state index is 0.179. The number of fused-ring (bicyclic) bond motifs is 1. The van der Waals surface area contributed by atoms with Crippen LogP contribution in [0.5, 0.6) is 0 Å². The van der Waals surface area contributed by atoms with Crippen LogP contribution < -0.4 is 4.57 Å². The predicted molar refractivity (Wildman–Crippen MR) is 91.7 cm³/mol. The Morgan fingerprint density at radius 3 is 2.27 bits per heavy atom. The maximum absolute atomic E-state index is 4.83. The smallest absolute Gasteiger partial charge is 0.231 e. The Hall–Kier alpha value is -2.22. The van der Waals surface area contributed by atoms with Crippen LogP contribution in [-0.4, -0.2) is 4.98 Å². The van der Waals surface area contributed by atoms with Crippen LogP contribution in [0.3, 0.4) is 0 Å². The van der Waals surface area contributed by atoms with Crippen LogP contribution in [0, 0.1) is 0 Å². The lowest BCUT2D eigenvalue weighted by Crippen LogP contribution is -2.33. The molecule has 0 aliphatic heterocycles. The van der Waals surface area contributed by atoms with Gasteiger partial charge in [-0.15, -0.1) is 0 Å². The fourth-order valence-corrected chi connectivity index (χ4v) is 2.72. The van der Waals surface area contributed by atoms with E-state index in [9.17, 15) is 0 Å². The third-order valence-electron chi connectivity index (χ3n) is 4.10. The van der Waals surface area contributed by atoms with Crippen molar-refractivity contribution >= 4 is 11.0 Å². The summed E-state index contributed by atoms with van der Waals surface area (Å²) in [5, 5.41) is 0. The first-order valence-corrected chi connectivity index (χ1v) is 7.89. The van der Waals surface area contributed by atoms with Gasteiger partial charge in [0.2, 0.25) is 5.52 Å². The molecule has 0 bridgehead atoms. The average Bonchev–Trinajstić information content (AvgIpc) is 2.53. The van der Waals surface area contributed by atoms with Gasteiger partial charge in [-0.1, -0.05) is 57.2 Å². The zero-order valence-electron chi connectivity index (χ0n) is 13.8. The topological polar surface area (TPSA) is 16.8 Å². The van der Waals surface area contributed by atoms with Crippen molar-refractivity contribution < 1.29 is 4.57 Å². The highest BCUT2D eigenvalue weighted by atomic mass is 15.0. The molecule has 1 aromatic heterocycles. The van der Waals surface area contributed by atoms with Gasteiger partial charge < -0.3 is 0 Å². The summed E-state index contributed by atoms with van der Waals surface area (Å²) in [6.07, 6.45) is 2.15. The van der Waals surface area contributed by atoms with Crippen molar-refractivity contribution in [2.75, 3.05) is 0 Å². The van der Waals surface area contributed by atoms with E-state index in [0.29, 0.717) is 0 Å². The Balaban J connectivity index is 2.10. The summed E-state index contributed by atoms with van der Waals surface area (Å²) < 4.78 is 2.26. The standard InChI is InChI=1S/C20H23N2/c1-5-22-14-18(21-17-8-6-7-9-19(17)22)15-10-12-16(13-11-15)20(2,3)4/h6-14H,5H2,1-4H3/q+1. The van der Waals surface area contributed by atoms with Crippen LogP contribution in [0.4, 0.5) is 0 Å². The van der Waals surface area contributed by atoms with Crippen LogP contribution >= 0.6 is 0 Å². The number of nitrogens with zero attached hydrogens (tertiary/aromatic N) is 2. The lowest BCUT2D eigenvalue weighted by atomic mass is 9.86. The molecule has 2 heteroatoms. The van der Waals surface area contributed by atoms with Gasteiger partial charge in [0.1, 0.15) is 17.8 Å². The van der Waals surface area contributed by atoms with Crippen molar-refractivity contribution in [1.29, 1.82) is 0 Å². The van der Waals surface area contributed by atoms with E-state index in [1.807, 2.05) is 6.07 Å². The predicted octanol–water partition coefficient (Wildman–Crippen LogP) is 4.51. The first-order valence-electron chi connectivity index (χ1n) is 7.89. The molecule has 0 aliphatic carbocycles. The molecule has 112 valence electrons. The van der Waals surface area contributed by atoms with E-state index in [2.05, 4.69) is 80.9 Å². The Morgan fingerprint density at radius 1 is 0.955 bits per heavy atom. The molecule has 0 fully saturated rings. The summed E-state index contributed by atoms with van der Waals surface area (Å²) in [6, 6.07) is 17.1. The molecule has 0 N–H and O–H groups in total. The van der Waals surface area contributed by atoms with Crippen LogP contribution in [0.1, 0.15) is 33.3 Å². The van der Waals surface area contributed by atoms with Crippen molar-refractivity contribution in [3.05, 3.63) is 60.3 Å². The molecule has 3 rings (SSSR count). The Labute approximate surface area is 132 Å². The maximum Gasteiger partial charge on any atom is 0.231 e. The summed E-state index contributed by atoms with van der Waals surface area (Å²) in [5.74, 6) is 0. The first kappa shape index (κ1) is 14.7. The molecule has 2 aromatic carbocycles. The summed E-state index contributed by atoms with van der Waals surface area (Å²) in [6.45, 7) is 9.82. The molecular weight excluding hydrogens is 268 g/mol. The van der Waals surface area contributed by atoms with Gasteiger partial charge in [-0.3, -0.25) is 0 Å². The van der Waals surface area contributed by atoms with Crippen molar-refractivity contribution in [2.24, 2.45) is 0 Å². The van der Waals surface area contributed by atoms with Crippen molar-refractivity contribution in [3.8, 4) is 11.3 Å². The van der Waals surface area contributed by atoms with Crippen LogP contribution in [0.2, 0.25) is 0 Å². The average molecular weight is 291 g/mol. The summed E-state index contributed by atoms with van der Waals surface area (Å²) in [4.78, 5) is 4.83. The van der Waals surface area contributed by atoms with Crippen LogP contribution in [0.15, 0.2) is 54.7 Å². The van der Waals surface area contributed by atoms with E-state index in [4.69, 9.17) is 4.98 Å². The molecule has 0 saturated heterocycles. The number of rotatable bonds is 2. The molecule has 0 amide bonds. The molecule has 0 radical (unpaired) electrons. The molecule has 2 nitrogen and oxygen atoms in total. The van der Waals surface area contributed by atoms with Crippen molar-refractivity contribution in [3.63, 3.8) is 0 Å².